The van der Waals surface area contributed by atoms with Gasteiger partial charge in [-0.2, -0.15) is 5.26 Å². The van der Waals surface area contributed by atoms with Gasteiger partial charge in [0, 0.05) is 19.8 Å². The Morgan fingerprint density at radius 2 is 1.87 bits per heavy atom. The number of anilines is 1. The summed E-state index contributed by atoms with van der Waals surface area (Å²) in [6, 6.07) is 8.94. The van der Waals surface area contributed by atoms with Gasteiger partial charge in [0.15, 0.2) is 6.61 Å². The van der Waals surface area contributed by atoms with Crippen LogP contribution in [-0.2, 0) is 9.53 Å². The molecule has 1 rings (SSSR count). The third kappa shape index (κ3) is 4.99. The average Bonchev–Trinajstić information content (AvgIpc) is 2.52. The summed E-state index contributed by atoms with van der Waals surface area (Å²) in [6.07, 6.45) is 0. The SMILES string of the molecule is CC(C)[C@@](C)(C#N)NC(=O)COC(=O)c1ccc(N(C)C)cc1. The van der Waals surface area contributed by atoms with Gasteiger partial charge < -0.3 is 15.0 Å². The molecule has 0 saturated heterocycles. The molecule has 1 N–H and O–H groups in total. The summed E-state index contributed by atoms with van der Waals surface area (Å²) in [5.74, 6) is -1.14. The molecule has 23 heavy (non-hydrogen) atoms. The van der Waals surface area contributed by atoms with Gasteiger partial charge in [0.1, 0.15) is 5.54 Å². The molecule has 0 saturated carbocycles. The van der Waals surface area contributed by atoms with E-state index in [1.807, 2.05) is 32.8 Å². The van der Waals surface area contributed by atoms with Crippen molar-refractivity contribution in [2.24, 2.45) is 5.92 Å². The van der Waals surface area contributed by atoms with E-state index in [1.54, 1.807) is 31.2 Å². The van der Waals surface area contributed by atoms with Crippen molar-refractivity contribution in [2.75, 3.05) is 25.6 Å². The van der Waals surface area contributed by atoms with Crippen LogP contribution in [0.25, 0.3) is 0 Å². The maximum atomic E-state index is 11.9. The number of esters is 1. The zero-order valence-electron chi connectivity index (χ0n) is 14.2. The highest BCUT2D eigenvalue weighted by Gasteiger charge is 2.30. The summed E-state index contributed by atoms with van der Waals surface area (Å²) >= 11 is 0. The fourth-order valence-electron chi connectivity index (χ4n) is 1.74. The first-order valence-corrected chi connectivity index (χ1v) is 7.36. The summed E-state index contributed by atoms with van der Waals surface area (Å²) < 4.78 is 4.99. The van der Waals surface area contributed by atoms with E-state index in [4.69, 9.17) is 10.00 Å². The molecule has 1 aromatic carbocycles. The minimum Gasteiger partial charge on any atom is -0.452 e. The second kappa shape index (κ2) is 7.63. The zero-order valence-corrected chi connectivity index (χ0v) is 14.2. The number of nitriles is 1. The van der Waals surface area contributed by atoms with E-state index in [9.17, 15) is 9.59 Å². The van der Waals surface area contributed by atoms with Gasteiger partial charge in [-0.05, 0) is 37.1 Å². The fraction of sp³-hybridized carbons (Fsp3) is 0.471. The highest BCUT2D eigenvalue weighted by molar-refractivity contribution is 5.91. The van der Waals surface area contributed by atoms with E-state index in [1.165, 1.54) is 0 Å². The average molecular weight is 317 g/mol. The first-order valence-electron chi connectivity index (χ1n) is 7.36. The number of hydrogen-bond acceptors (Lipinski definition) is 5. The normalized spacial score (nSPS) is 12.9. The Morgan fingerprint density at radius 3 is 2.30 bits per heavy atom. The number of nitrogens with zero attached hydrogens (tertiary/aromatic N) is 2. The van der Waals surface area contributed by atoms with Crippen LogP contribution in [0.1, 0.15) is 31.1 Å². The van der Waals surface area contributed by atoms with Crippen molar-refractivity contribution in [1.82, 2.24) is 5.32 Å². The molecular formula is C17H23N3O3. The van der Waals surface area contributed by atoms with Crippen LogP contribution >= 0.6 is 0 Å². The summed E-state index contributed by atoms with van der Waals surface area (Å²) in [4.78, 5) is 25.7. The number of carbonyl (C=O) groups excluding carboxylic acids is 2. The number of rotatable bonds is 6. The summed E-state index contributed by atoms with van der Waals surface area (Å²) in [6.45, 7) is 4.89. The van der Waals surface area contributed by atoms with Gasteiger partial charge in [0.2, 0.25) is 0 Å². The quantitative estimate of drug-likeness (QED) is 0.811. The van der Waals surface area contributed by atoms with E-state index in [0.29, 0.717) is 5.56 Å². The molecule has 1 aromatic rings. The van der Waals surface area contributed by atoms with Crippen molar-refractivity contribution < 1.29 is 14.3 Å². The Kier molecular flexibility index (Phi) is 6.14. The van der Waals surface area contributed by atoms with Crippen LogP contribution in [0, 0.1) is 17.2 Å². The molecule has 0 bridgehead atoms. The Labute approximate surface area is 137 Å². The molecule has 0 aliphatic rings. The lowest BCUT2D eigenvalue weighted by Gasteiger charge is -2.27. The number of ether oxygens (including phenoxy) is 1. The number of amides is 1. The molecule has 0 unspecified atom stereocenters. The topological polar surface area (TPSA) is 82.4 Å². The second-order valence-electron chi connectivity index (χ2n) is 6.03. The molecular weight excluding hydrogens is 294 g/mol. The third-order valence-electron chi connectivity index (χ3n) is 3.74. The summed E-state index contributed by atoms with van der Waals surface area (Å²) in [5.41, 5.74) is 0.341. The second-order valence-corrected chi connectivity index (χ2v) is 6.03. The standard InChI is InChI=1S/C17H23N3O3/c1-12(2)17(3,11-18)19-15(21)10-23-16(22)13-6-8-14(9-7-13)20(4)5/h6-9,12H,10H2,1-5H3,(H,19,21)/t17-/m1/s1. The molecule has 0 aliphatic heterocycles. The van der Waals surface area contributed by atoms with Crippen LogP contribution in [-0.4, -0.2) is 38.1 Å². The van der Waals surface area contributed by atoms with Crippen molar-refractivity contribution in [3.63, 3.8) is 0 Å². The van der Waals surface area contributed by atoms with Crippen molar-refractivity contribution >= 4 is 17.6 Å². The van der Waals surface area contributed by atoms with Crippen LogP contribution < -0.4 is 10.2 Å². The minimum atomic E-state index is -0.989. The number of hydrogen-bond donors (Lipinski definition) is 1. The van der Waals surface area contributed by atoms with Gasteiger partial charge in [0.05, 0.1) is 11.6 Å². The van der Waals surface area contributed by atoms with Gasteiger partial charge >= 0.3 is 5.97 Å². The lowest BCUT2D eigenvalue weighted by Crippen LogP contribution is -2.50. The van der Waals surface area contributed by atoms with Crippen LogP contribution in [0.2, 0.25) is 0 Å². The molecule has 0 heterocycles. The monoisotopic (exact) mass is 317 g/mol. The van der Waals surface area contributed by atoms with Gasteiger partial charge in [-0.25, -0.2) is 4.79 Å². The molecule has 0 aromatic heterocycles. The molecule has 1 atom stereocenters. The van der Waals surface area contributed by atoms with Crippen molar-refractivity contribution in [3.8, 4) is 6.07 Å². The maximum Gasteiger partial charge on any atom is 0.338 e. The third-order valence-corrected chi connectivity index (χ3v) is 3.74. The predicted octanol–water partition coefficient (Wildman–Crippen LogP) is 1.96. The van der Waals surface area contributed by atoms with Crippen LogP contribution in [0.15, 0.2) is 24.3 Å². The fourth-order valence-corrected chi connectivity index (χ4v) is 1.74. The molecule has 0 radical (unpaired) electrons. The molecule has 0 aliphatic carbocycles. The smallest absolute Gasteiger partial charge is 0.338 e. The lowest BCUT2D eigenvalue weighted by atomic mass is 9.90. The van der Waals surface area contributed by atoms with Gasteiger partial charge in [-0.3, -0.25) is 4.79 Å². The van der Waals surface area contributed by atoms with Crippen LogP contribution in [0.4, 0.5) is 5.69 Å². The summed E-state index contributed by atoms with van der Waals surface area (Å²) in [7, 11) is 3.80. The molecule has 0 spiro atoms. The van der Waals surface area contributed by atoms with Crippen molar-refractivity contribution in [3.05, 3.63) is 29.8 Å². The molecule has 0 fully saturated rings. The largest absolute Gasteiger partial charge is 0.452 e. The Balaban J connectivity index is 2.59. The van der Waals surface area contributed by atoms with E-state index >= 15 is 0 Å². The van der Waals surface area contributed by atoms with Gasteiger partial charge in [0.25, 0.3) is 5.91 Å². The highest BCUT2D eigenvalue weighted by Crippen LogP contribution is 2.15. The molecule has 1 amide bonds. The van der Waals surface area contributed by atoms with E-state index in [-0.39, 0.29) is 5.92 Å². The minimum absolute atomic E-state index is 0.0641. The molecule has 6 nitrogen and oxygen atoms in total. The first kappa shape index (κ1) is 18.5. The Hall–Kier alpha value is -2.55. The first-order chi connectivity index (χ1) is 10.7. The number of nitrogens with one attached hydrogen (secondary N) is 1. The van der Waals surface area contributed by atoms with E-state index in [0.717, 1.165) is 5.69 Å². The Bertz CT molecular complexity index is 603. The van der Waals surface area contributed by atoms with Crippen molar-refractivity contribution in [1.29, 1.82) is 5.26 Å². The number of benzene rings is 1. The van der Waals surface area contributed by atoms with Gasteiger partial charge in [-0.15, -0.1) is 0 Å². The van der Waals surface area contributed by atoms with Crippen molar-refractivity contribution in [2.45, 2.75) is 26.3 Å². The van der Waals surface area contributed by atoms with Crippen LogP contribution in [0.3, 0.4) is 0 Å². The summed E-state index contributed by atoms with van der Waals surface area (Å²) in [5, 5.41) is 11.7. The molecule has 124 valence electrons. The predicted molar refractivity (Wildman–Crippen MR) is 88.1 cm³/mol. The van der Waals surface area contributed by atoms with Gasteiger partial charge in [-0.1, -0.05) is 13.8 Å². The molecule has 6 heteroatoms. The van der Waals surface area contributed by atoms with Crippen LogP contribution in [0.5, 0.6) is 0 Å². The highest BCUT2D eigenvalue weighted by atomic mass is 16.5. The number of carbonyl (C=O) groups is 2. The maximum absolute atomic E-state index is 11.9. The van der Waals surface area contributed by atoms with E-state index < -0.39 is 24.0 Å². The Morgan fingerprint density at radius 1 is 1.30 bits per heavy atom. The lowest BCUT2D eigenvalue weighted by molar-refractivity contribution is -0.125. The van der Waals surface area contributed by atoms with E-state index in [2.05, 4.69) is 11.4 Å². The zero-order chi connectivity index (χ0) is 17.6.